The van der Waals surface area contributed by atoms with Crippen LogP contribution in [0.2, 0.25) is 0 Å². The van der Waals surface area contributed by atoms with Gasteiger partial charge < -0.3 is 4.74 Å². The monoisotopic (exact) mass is 256 g/mol. The van der Waals surface area contributed by atoms with Gasteiger partial charge in [0, 0.05) is 6.07 Å². The molecule has 2 aromatic carbocycles. The van der Waals surface area contributed by atoms with E-state index in [1.807, 2.05) is 24.3 Å². The fraction of sp³-hybridized carbons (Fsp3) is 0.200. The Labute approximate surface area is 111 Å². The molecule has 0 saturated carbocycles. The Morgan fingerprint density at radius 2 is 1.95 bits per heavy atom. The molecule has 3 rings (SSSR count). The number of aryl methyl sites for hydroxylation is 1. The van der Waals surface area contributed by atoms with E-state index in [9.17, 15) is 8.78 Å². The van der Waals surface area contributed by atoms with Crippen molar-refractivity contribution in [2.24, 2.45) is 0 Å². The Kier molecular flexibility index (Phi) is 3.01. The Balaban J connectivity index is 1.92. The van der Waals surface area contributed by atoms with E-state index in [0.717, 1.165) is 30.5 Å². The molecule has 0 aromatic heterocycles. The molecule has 2 aromatic rings. The Morgan fingerprint density at radius 3 is 2.74 bits per heavy atom. The van der Waals surface area contributed by atoms with Crippen molar-refractivity contribution >= 4 is 13.3 Å². The van der Waals surface area contributed by atoms with Crippen molar-refractivity contribution in [1.82, 2.24) is 0 Å². The number of ether oxygens (including phenoxy) is 1. The SMILES string of the molecule is [B]c1cc(F)cc(F)c1O[C@H]1CCc2ccccc21. The maximum atomic E-state index is 13.7. The lowest BCUT2D eigenvalue weighted by molar-refractivity contribution is 0.200. The topological polar surface area (TPSA) is 9.23 Å². The Hall–Kier alpha value is -1.84. The predicted molar refractivity (Wildman–Crippen MR) is 69.9 cm³/mol. The molecule has 0 unspecified atom stereocenters. The summed E-state index contributed by atoms with van der Waals surface area (Å²) in [5.41, 5.74) is 2.24. The van der Waals surface area contributed by atoms with E-state index >= 15 is 0 Å². The molecule has 0 amide bonds. The molecular formula is C15H11BF2O. The molecule has 1 aliphatic carbocycles. The zero-order valence-electron chi connectivity index (χ0n) is 10.2. The van der Waals surface area contributed by atoms with Crippen LogP contribution in [0.4, 0.5) is 8.78 Å². The zero-order valence-corrected chi connectivity index (χ0v) is 10.2. The van der Waals surface area contributed by atoms with Gasteiger partial charge in [-0.05, 0) is 35.5 Å². The molecular weight excluding hydrogens is 245 g/mol. The molecule has 4 heteroatoms. The Morgan fingerprint density at radius 1 is 1.16 bits per heavy atom. The molecule has 94 valence electrons. The van der Waals surface area contributed by atoms with Crippen LogP contribution in [0.25, 0.3) is 0 Å². The van der Waals surface area contributed by atoms with Crippen LogP contribution < -0.4 is 10.2 Å². The van der Waals surface area contributed by atoms with E-state index in [1.165, 1.54) is 5.56 Å². The summed E-state index contributed by atoms with van der Waals surface area (Å²) in [5.74, 6) is -1.53. The van der Waals surface area contributed by atoms with Crippen LogP contribution in [0.15, 0.2) is 36.4 Å². The second-order valence-electron chi connectivity index (χ2n) is 4.65. The van der Waals surface area contributed by atoms with Gasteiger partial charge in [-0.2, -0.15) is 0 Å². The number of fused-ring (bicyclic) bond motifs is 1. The molecule has 0 aliphatic heterocycles. The Bertz CT molecular complexity index is 604. The van der Waals surface area contributed by atoms with Gasteiger partial charge >= 0.3 is 0 Å². The maximum absolute atomic E-state index is 13.7. The first-order valence-corrected chi connectivity index (χ1v) is 6.14. The number of hydrogen-bond acceptors (Lipinski definition) is 1. The molecule has 0 bridgehead atoms. The van der Waals surface area contributed by atoms with E-state index in [1.54, 1.807) is 0 Å². The second kappa shape index (κ2) is 4.69. The normalized spacial score (nSPS) is 17.3. The summed E-state index contributed by atoms with van der Waals surface area (Å²) in [6.45, 7) is 0. The first-order chi connectivity index (χ1) is 9.15. The minimum atomic E-state index is -0.762. The fourth-order valence-electron chi connectivity index (χ4n) is 2.49. The first kappa shape index (κ1) is 12.2. The van der Waals surface area contributed by atoms with Crippen molar-refractivity contribution in [2.45, 2.75) is 18.9 Å². The van der Waals surface area contributed by atoms with Crippen molar-refractivity contribution in [2.75, 3.05) is 0 Å². The highest BCUT2D eigenvalue weighted by molar-refractivity contribution is 6.34. The summed E-state index contributed by atoms with van der Waals surface area (Å²) in [7, 11) is 5.62. The average Bonchev–Trinajstić information content (AvgIpc) is 2.77. The van der Waals surface area contributed by atoms with Crippen molar-refractivity contribution in [3.05, 3.63) is 59.2 Å². The highest BCUT2D eigenvalue weighted by atomic mass is 19.1. The summed E-state index contributed by atoms with van der Waals surface area (Å²) < 4.78 is 32.3. The molecule has 1 atom stereocenters. The molecule has 1 nitrogen and oxygen atoms in total. The highest BCUT2D eigenvalue weighted by Gasteiger charge is 2.25. The average molecular weight is 256 g/mol. The van der Waals surface area contributed by atoms with Crippen LogP contribution in [-0.4, -0.2) is 7.85 Å². The molecule has 0 N–H and O–H groups in total. The molecule has 1 aliphatic rings. The second-order valence-corrected chi connectivity index (χ2v) is 4.65. The van der Waals surface area contributed by atoms with Crippen molar-refractivity contribution in [3.8, 4) is 5.75 Å². The summed E-state index contributed by atoms with van der Waals surface area (Å²) >= 11 is 0. The van der Waals surface area contributed by atoms with Crippen LogP contribution >= 0.6 is 0 Å². The van der Waals surface area contributed by atoms with Crippen molar-refractivity contribution < 1.29 is 13.5 Å². The molecule has 0 heterocycles. The van der Waals surface area contributed by atoms with E-state index in [4.69, 9.17) is 12.6 Å². The van der Waals surface area contributed by atoms with E-state index in [-0.39, 0.29) is 17.3 Å². The maximum Gasteiger partial charge on any atom is 0.167 e. The quantitative estimate of drug-likeness (QED) is 0.751. The molecule has 2 radical (unpaired) electrons. The largest absolute Gasteiger partial charge is 0.483 e. The number of halogens is 2. The molecule has 0 saturated heterocycles. The minimum absolute atomic E-state index is 0.0121. The standard InChI is InChI=1S/C15H11BF2O/c16-12-7-10(17)8-13(18)15(12)19-14-6-5-9-3-1-2-4-11(9)14/h1-4,7-8,14H,5-6H2/t14-/m0/s1. The minimum Gasteiger partial charge on any atom is -0.483 e. The number of hydrogen-bond donors (Lipinski definition) is 0. The highest BCUT2D eigenvalue weighted by Crippen LogP contribution is 2.34. The van der Waals surface area contributed by atoms with Gasteiger partial charge in [-0.1, -0.05) is 24.3 Å². The first-order valence-electron chi connectivity index (χ1n) is 6.14. The van der Waals surface area contributed by atoms with Gasteiger partial charge in [-0.3, -0.25) is 0 Å². The predicted octanol–water partition coefficient (Wildman–Crippen LogP) is 2.82. The van der Waals surface area contributed by atoms with Crippen LogP contribution in [0.5, 0.6) is 5.75 Å². The third kappa shape index (κ3) is 2.23. The summed E-state index contributed by atoms with van der Waals surface area (Å²) in [4.78, 5) is 0. The number of rotatable bonds is 2. The van der Waals surface area contributed by atoms with Crippen molar-refractivity contribution in [1.29, 1.82) is 0 Å². The van der Waals surface area contributed by atoms with Crippen LogP contribution in [-0.2, 0) is 6.42 Å². The van der Waals surface area contributed by atoms with Crippen LogP contribution in [0, 0.1) is 11.6 Å². The summed E-state index contributed by atoms with van der Waals surface area (Å²) in [5, 5.41) is 0. The third-order valence-corrected chi connectivity index (χ3v) is 3.38. The van der Waals surface area contributed by atoms with E-state index in [0.29, 0.717) is 0 Å². The van der Waals surface area contributed by atoms with Gasteiger partial charge in [0.1, 0.15) is 25.5 Å². The molecule has 0 spiro atoms. The number of benzene rings is 2. The van der Waals surface area contributed by atoms with Crippen LogP contribution in [0.1, 0.15) is 23.7 Å². The van der Waals surface area contributed by atoms with Gasteiger partial charge in [0.2, 0.25) is 0 Å². The summed E-state index contributed by atoms with van der Waals surface area (Å²) in [6.07, 6.45) is 1.44. The van der Waals surface area contributed by atoms with Gasteiger partial charge in [0.25, 0.3) is 0 Å². The van der Waals surface area contributed by atoms with Gasteiger partial charge in [0.05, 0.1) is 0 Å². The lowest BCUT2D eigenvalue weighted by atomic mass is 9.94. The fourth-order valence-corrected chi connectivity index (χ4v) is 2.49. The lowest BCUT2D eigenvalue weighted by Crippen LogP contribution is -2.15. The third-order valence-electron chi connectivity index (χ3n) is 3.38. The van der Waals surface area contributed by atoms with Gasteiger partial charge in [-0.25, -0.2) is 8.78 Å². The van der Waals surface area contributed by atoms with Gasteiger partial charge in [-0.15, -0.1) is 0 Å². The smallest absolute Gasteiger partial charge is 0.167 e. The summed E-state index contributed by atoms with van der Waals surface area (Å²) in [6, 6.07) is 9.73. The lowest BCUT2D eigenvalue weighted by Gasteiger charge is -2.17. The van der Waals surface area contributed by atoms with E-state index < -0.39 is 11.6 Å². The van der Waals surface area contributed by atoms with Gasteiger partial charge in [0.15, 0.2) is 5.82 Å². The molecule has 0 fully saturated rings. The van der Waals surface area contributed by atoms with Crippen LogP contribution in [0.3, 0.4) is 0 Å². The molecule has 19 heavy (non-hydrogen) atoms. The van der Waals surface area contributed by atoms with E-state index in [2.05, 4.69) is 0 Å². The van der Waals surface area contributed by atoms with Crippen molar-refractivity contribution in [3.63, 3.8) is 0 Å². The zero-order chi connectivity index (χ0) is 13.4.